The van der Waals surface area contributed by atoms with Crippen LogP contribution in [0.25, 0.3) is 11.4 Å². The van der Waals surface area contributed by atoms with E-state index in [2.05, 4.69) is 15.5 Å². The van der Waals surface area contributed by atoms with Gasteiger partial charge in [0.1, 0.15) is 5.00 Å². The Morgan fingerprint density at radius 2 is 1.88 bits per heavy atom. The first-order valence-corrected chi connectivity index (χ1v) is 11.8. The zero-order chi connectivity index (χ0) is 24.3. The molecule has 0 bridgehead atoms. The first-order valence-electron chi connectivity index (χ1n) is 9.65. The van der Waals surface area contributed by atoms with Crippen molar-refractivity contribution < 1.29 is 19.1 Å². The molecule has 2 aromatic heterocycles. The Morgan fingerprint density at radius 1 is 1.21 bits per heavy atom. The molecule has 0 spiro atoms. The van der Waals surface area contributed by atoms with Crippen molar-refractivity contribution in [3.05, 3.63) is 45.3 Å². The highest BCUT2D eigenvalue weighted by molar-refractivity contribution is 7.99. The SMILES string of the molecule is COC(=O)c1c(NC(=O)CSc2nnc(-c3ccc(Cl)cc3)n2C)sc(C(=O)N(C)C)c1C. The first kappa shape index (κ1) is 24.7. The monoisotopic (exact) mass is 507 g/mol. The molecule has 2 heterocycles. The predicted molar refractivity (Wildman–Crippen MR) is 129 cm³/mol. The summed E-state index contributed by atoms with van der Waals surface area (Å²) in [7, 11) is 6.29. The molecular weight excluding hydrogens is 486 g/mol. The van der Waals surface area contributed by atoms with Gasteiger partial charge in [-0.05, 0) is 36.8 Å². The fourth-order valence-corrected chi connectivity index (χ4v) is 5.01. The predicted octanol–water partition coefficient (Wildman–Crippen LogP) is 3.72. The lowest BCUT2D eigenvalue weighted by Gasteiger charge is -2.08. The van der Waals surface area contributed by atoms with Gasteiger partial charge in [0.05, 0.1) is 23.3 Å². The number of thiophene rings is 1. The second kappa shape index (κ2) is 10.4. The number of carbonyl (C=O) groups is 3. The van der Waals surface area contributed by atoms with Crippen molar-refractivity contribution in [3.63, 3.8) is 0 Å². The van der Waals surface area contributed by atoms with E-state index >= 15 is 0 Å². The summed E-state index contributed by atoms with van der Waals surface area (Å²) in [6.07, 6.45) is 0. The molecule has 1 aromatic carbocycles. The number of aromatic nitrogens is 3. The summed E-state index contributed by atoms with van der Waals surface area (Å²) in [6.45, 7) is 1.65. The van der Waals surface area contributed by atoms with Gasteiger partial charge in [-0.2, -0.15) is 0 Å². The van der Waals surface area contributed by atoms with Crippen LogP contribution in [0.3, 0.4) is 0 Å². The second-order valence-electron chi connectivity index (χ2n) is 7.16. The van der Waals surface area contributed by atoms with E-state index in [1.807, 2.05) is 12.1 Å². The highest BCUT2D eigenvalue weighted by Gasteiger charge is 2.27. The average Bonchev–Trinajstić information content (AvgIpc) is 3.31. The number of carbonyl (C=O) groups excluding carboxylic acids is 3. The summed E-state index contributed by atoms with van der Waals surface area (Å²) < 4.78 is 6.63. The van der Waals surface area contributed by atoms with E-state index in [0.717, 1.165) is 16.9 Å². The zero-order valence-electron chi connectivity index (χ0n) is 18.6. The van der Waals surface area contributed by atoms with E-state index in [4.69, 9.17) is 16.3 Å². The van der Waals surface area contributed by atoms with Crippen molar-refractivity contribution in [2.24, 2.45) is 7.05 Å². The number of hydrogen-bond donors (Lipinski definition) is 1. The molecule has 1 N–H and O–H groups in total. The van der Waals surface area contributed by atoms with E-state index < -0.39 is 5.97 Å². The molecule has 0 unspecified atom stereocenters. The number of methoxy groups -OCH3 is 1. The fraction of sp³-hybridized carbons (Fsp3) is 0.286. The molecular formula is C21H22ClN5O4S2. The minimum absolute atomic E-state index is 0.0289. The lowest BCUT2D eigenvalue weighted by atomic mass is 10.1. The van der Waals surface area contributed by atoms with Gasteiger partial charge < -0.3 is 19.5 Å². The third-order valence-corrected chi connectivity index (χ3v) is 7.13. The molecule has 0 saturated heterocycles. The van der Waals surface area contributed by atoms with E-state index in [0.29, 0.717) is 26.4 Å². The molecule has 3 rings (SSSR count). The van der Waals surface area contributed by atoms with Crippen LogP contribution < -0.4 is 5.32 Å². The number of esters is 1. The molecule has 3 aromatic rings. The smallest absolute Gasteiger partial charge is 0.341 e. The largest absolute Gasteiger partial charge is 0.465 e. The molecule has 2 amide bonds. The van der Waals surface area contributed by atoms with Crippen LogP contribution in [0.1, 0.15) is 25.6 Å². The van der Waals surface area contributed by atoms with Crippen LogP contribution >= 0.6 is 34.7 Å². The number of anilines is 1. The number of amides is 2. The van der Waals surface area contributed by atoms with Gasteiger partial charge >= 0.3 is 5.97 Å². The Bertz CT molecular complexity index is 1200. The molecule has 0 atom stereocenters. The van der Waals surface area contributed by atoms with Crippen LogP contribution in [-0.4, -0.2) is 64.4 Å². The van der Waals surface area contributed by atoms with E-state index in [9.17, 15) is 14.4 Å². The van der Waals surface area contributed by atoms with Crippen LogP contribution in [-0.2, 0) is 16.6 Å². The van der Waals surface area contributed by atoms with E-state index in [-0.39, 0.29) is 28.1 Å². The van der Waals surface area contributed by atoms with Crippen molar-refractivity contribution in [3.8, 4) is 11.4 Å². The van der Waals surface area contributed by atoms with Gasteiger partial charge in [-0.15, -0.1) is 21.5 Å². The van der Waals surface area contributed by atoms with Crippen molar-refractivity contribution in [2.45, 2.75) is 12.1 Å². The van der Waals surface area contributed by atoms with Crippen molar-refractivity contribution in [1.82, 2.24) is 19.7 Å². The number of rotatable bonds is 7. The third-order valence-electron chi connectivity index (χ3n) is 4.66. The number of benzene rings is 1. The number of nitrogens with one attached hydrogen (secondary N) is 1. The quantitative estimate of drug-likeness (QED) is 0.383. The first-order chi connectivity index (χ1) is 15.6. The van der Waals surface area contributed by atoms with E-state index in [1.165, 1.54) is 23.8 Å². The van der Waals surface area contributed by atoms with Crippen LogP contribution in [0.15, 0.2) is 29.4 Å². The van der Waals surface area contributed by atoms with Crippen LogP contribution in [0.5, 0.6) is 0 Å². The summed E-state index contributed by atoms with van der Waals surface area (Å²) in [5.41, 5.74) is 1.49. The van der Waals surface area contributed by atoms with Crippen LogP contribution in [0, 0.1) is 6.92 Å². The minimum Gasteiger partial charge on any atom is -0.465 e. The Balaban J connectivity index is 1.75. The second-order valence-corrected chi connectivity index (χ2v) is 9.56. The normalized spacial score (nSPS) is 10.7. The topological polar surface area (TPSA) is 106 Å². The number of ether oxygens (including phenoxy) is 1. The van der Waals surface area contributed by atoms with Gasteiger partial charge in [-0.1, -0.05) is 23.4 Å². The summed E-state index contributed by atoms with van der Waals surface area (Å²) in [5, 5.41) is 12.5. The lowest BCUT2D eigenvalue weighted by Crippen LogP contribution is -2.21. The fourth-order valence-electron chi connectivity index (χ4n) is 2.94. The molecule has 0 aliphatic heterocycles. The van der Waals surface area contributed by atoms with Crippen molar-refractivity contribution >= 4 is 57.5 Å². The standard InChI is InChI=1S/C21H22ClN5O4S2/c1-11-15(20(30)31-5)18(33-16(11)19(29)26(2)3)23-14(28)10-32-21-25-24-17(27(21)4)12-6-8-13(22)9-7-12/h6-9H,10H2,1-5H3,(H,23,28). The average molecular weight is 508 g/mol. The number of hydrogen-bond acceptors (Lipinski definition) is 8. The molecule has 9 nitrogen and oxygen atoms in total. The zero-order valence-corrected chi connectivity index (χ0v) is 21.0. The highest BCUT2D eigenvalue weighted by Crippen LogP contribution is 2.34. The Hall–Kier alpha value is -2.89. The Morgan fingerprint density at radius 3 is 2.48 bits per heavy atom. The summed E-state index contributed by atoms with van der Waals surface area (Å²) in [5.74, 6) is -0.562. The maximum absolute atomic E-state index is 12.7. The number of nitrogens with zero attached hydrogens (tertiary/aromatic N) is 4. The van der Waals surface area contributed by atoms with Crippen LogP contribution in [0.2, 0.25) is 5.02 Å². The molecule has 0 aliphatic rings. The summed E-state index contributed by atoms with van der Waals surface area (Å²) in [4.78, 5) is 39.2. The maximum Gasteiger partial charge on any atom is 0.341 e. The molecule has 0 saturated carbocycles. The summed E-state index contributed by atoms with van der Waals surface area (Å²) >= 11 is 8.18. The number of thioether (sulfide) groups is 1. The van der Waals surface area contributed by atoms with Crippen molar-refractivity contribution in [2.75, 3.05) is 32.3 Å². The Labute approximate surface area is 204 Å². The maximum atomic E-state index is 12.7. The van der Waals surface area contributed by atoms with Gasteiger partial charge in [0, 0.05) is 31.7 Å². The molecule has 0 radical (unpaired) electrons. The summed E-state index contributed by atoms with van der Waals surface area (Å²) in [6, 6.07) is 7.22. The number of halogens is 1. The molecule has 33 heavy (non-hydrogen) atoms. The van der Waals surface area contributed by atoms with Gasteiger partial charge in [-0.3, -0.25) is 9.59 Å². The van der Waals surface area contributed by atoms with Crippen LogP contribution in [0.4, 0.5) is 5.00 Å². The highest BCUT2D eigenvalue weighted by atomic mass is 35.5. The van der Waals surface area contributed by atoms with E-state index in [1.54, 1.807) is 44.8 Å². The third kappa shape index (κ3) is 5.37. The lowest BCUT2D eigenvalue weighted by molar-refractivity contribution is -0.113. The van der Waals surface area contributed by atoms with Gasteiger partial charge in [0.2, 0.25) is 5.91 Å². The molecule has 12 heteroatoms. The Kier molecular flexibility index (Phi) is 7.77. The molecule has 174 valence electrons. The van der Waals surface area contributed by atoms with Gasteiger partial charge in [0.25, 0.3) is 5.91 Å². The molecule has 0 aliphatic carbocycles. The minimum atomic E-state index is -0.620. The molecule has 0 fully saturated rings. The van der Waals surface area contributed by atoms with Gasteiger partial charge in [-0.25, -0.2) is 4.79 Å². The van der Waals surface area contributed by atoms with Gasteiger partial charge in [0.15, 0.2) is 11.0 Å². The van der Waals surface area contributed by atoms with Crippen molar-refractivity contribution in [1.29, 1.82) is 0 Å².